The highest BCUT2D eigenvalue weighted by Gasteiger charge is 2.43. The van der Waals surface area contributed by atoms with Gasteiger partial charge >= 0.3 is 5.97 Å². The van der Waals surface area contributed by atoms with Crippen molar-refractivity contribution in [3.8, 4) is 0 Å². The zero-order valence-electron chi connectivity index (χ0n) is 9.64. The predicted molar refractivity (Wildman–Crippen MR) is 52.9 cm³/mol. The molecule has 1 N–H and O–H groups in total. The Morgan fingerprint density at radius 3 is 2.50 bits per heavy atom. The van der Waals surface area contributed by atoms with Crippen LogP contribution >= 0.6 is 0 Å². The van der Waals surface area contributed by atoms with E-state index in [9.17, 15) is 22.9 Å². The van der Waals surface area contributed by atoms with Crippen LogP contribution in [-0.4, -0.2) is 62.9 Å². The largest absolute Gasteiger partial charge is 0.726 e. The Bertz CT molecular complexity index is 391. The van der Waals surface area contributed by atoms with Gasteiger partial charge in [-0.1, -0.05) is 0 Å². The first-order valence-electron chi connectivity index (χ1n) is 4.86. The number of hydrogen-bond donors (Lipinski definition) is 1. The maximum Gasteiger partial charge on any atom is 0.335 e. The highest BCUT2D eigenvalue weighted by Crippen LogP contribution is 2.25. The molecule has 1 heterocycles. The van der Waals surface area contributed by atoms with Crippen molar-refractivity contribution < 1.29 is 41.3 Å². The normalized spacial score (nSPS) is 33.1. The summed E-state index contributed by atoms with van der Waals surface area (Å²) in [4.78, 5) is 11.2. The molecule has 4 unspecified atom stereocenters. The third-order valence-corrected chi connectivity index (χ3v) is 2.78. The Balaban J connectivity index is 2.80. The molecule has 10 heteroatoms. The van der Waals surface area contributed by atoms with Crippen LogP contribution in [0.25, 0.3) is 0 Å². The fraction of sp³-hybridized carbons (Fsp3) is 0.875. The molecule has 1 aliphatic rings. The van der Waals surface area contributed by atoms with Gasteiger partial charge in [-0.3, -0.25) is 4.18 Å². The smallest absolute Gasteiger partial charge is 0.335 e. The monoisotopic (exact) mass is 285 g/mol. The Morgan fingerprint density at radius 2 is 2.06 bits per heavy atom. The number of carbonyl (C=O) groups is 1. The lowest BCUT2D eigenvalue weighted by Crippen LogP contribution is -2.53. The minimum absolute atomic E-state index is 0.271. The second-order valence-electron chi connectivity index (χ2n) is 3.52. The number of rotatable bonds is 4. The van der Waals surface area contributed by atoms with Crippen molar-refractivity contribution in [2.75, 3.05) is 14.2 Å². The third-order valence-electron chi connectivity index (χ3n) is 2.33. The van der Waals surface area contributed by atoms with Gasteiger partial charge < -0.3 is 23.9 Å². The van der Waals surface area contributed by atoms with Crippen molar-refractivity contribution in [1.29, 1.82) is 0 Å². The Morgan fingerprint density at radius 1 is 1.44 bits per heavy atom. The van der Waals surface area contributed by atoms with Gasteiger partial charge in [0.15, 0.2) is 18.5 Å². The van der Waals surface area contributed by atoms with Crippen LogP contribution < -0.4 is 0 Å². The van der Waals surface area contributed by atoms with Crippen molar-refractivity contribution in [1.82, 2.24) is 0 Å². The molecule has 9 nitrogen and oxygen atoms in total. The average Bonchev–Trinajstić information content (AvgIpc) is 2.28. The lowest BCUT2D eigenvalue weighted by molar-refractivity contribution is -0.252. The molecule has 0 bridgehead atoms. The molecule has 0 amide bonds. The van der Waals surface area contributed by atoms with E-state index in [1.807, 2.05) is 0 Å². The number of hydrogen-bond acceptors (Lipinski definition) is 9. The van der Waals surface area contributed by atoms with Gasteiger partial charge in [-0.25, -0.2) is 13.2 Å². The van der Waals surface area contributed by atoms with E-state index in [1.165, 1.54) is 0 Å². The molecule has 0 radical (unpaired) electrons. The predicted octanol–water partition coefficient (Wildman–Crippen LogP) is -1.87. The summed E-state index contributed by atoms with van der Waals surface area (Å²) < 4.78 is 49.8. The zero-order valence-corrected chi connectivity index (χ0v) is 10.5. The molecular formula is C8H13O9S-. The fourth-order valence-electron chi connectivity index (χ4n) is 1.55. The van der Waals surface area contributed by atoms with Crippen LogP contribution in [0.1, 0.15) is 6.42 Å². The topological polar surface area (TPSA) is 131 Å². The summed E-state index contributed by atoms with van der Waals surface area (Å²) in [5, 5.41) is 9.65. The van der Waals surface area contributed by atoms with Crippen LogP contribution in [0.4, 0.5) is 0 Å². The molecule has 0 saturated carbocycles. The van der Waals surface area contributed by atoms with E-state index < -0.39 is 41.0 Å². The lowest BCUT2D eigenvalue weighted by Gasteiger charge is -2.37. The van der Waals surface area contributed by atoms with Crippen LogP contribution in [0.3, 0.4) is 0 Å². The van der Waals surface area contributed by atoms with Crippen LogP contribution in [0, 0.1) is 0 Å². The first kappa shape index (κ1) is 15.3. The number of ether oxygens (including phenoxy) is 3. The Labute approximate surface area is 104 Å². The Kier molecular flexibility index (Phi) is 5.01. The third kappa shape index (κ3) is 3.86. The second kappa shape index (κ2) is 5.91. The van der Waals surface area contributed by atoms with Crippen molar-refractivity contribution in [3.05, 3.63) is 0 Å². The van der Waals surface area contributed by atoms with Gasteiger partial charge in [0.25, 0.3) is 0 Å². The van der Waals surface area contributed by atoms with Crippen LogP contribution in [-0.2, 0) is 33.6 Å². The SMILES string of the molecule is COC(=O)C1CC(O)C(OS(=O)(=O)[O-])C(OC)O1. The van der Waals surface area contributed by atoms with Crippen molar-refractivity contribution in [3.63, 3.8) is 0 Å². The highest BCUT2D eigenvalue weighted by atomic mass is 32.3. The molecule has 106 valence electrons. The first-order chi connectivity index (χ1) is 8.28. The average molecular weight is 285 g/mol. The standard InChI is InChI=1S/C8H14O9S/c1-14-7(10)5-3-4(9)6(8(15-2)16-5)17-18(11,12)13/h4-6,8-9H,3H2,1-2H3,(H,11,12,13)/p-1. The molecule has 1 aliphatic heterocycles. The number of aliphatic hydroxyl groups excluding tert-OH is 1. The summed E-state index contributed by atoms with van der Waals surface area (Å²) in [6.45, 7) is 0. The molecule has 0 aromatic rings. The van der Waals surface area contributed by atoms with Gasteiger partial charge in [0, 0.05) is 13.5 Å². The molecule has 0 aliphatic carbocycles. The Hall–Kier alpha value is -0.780. The van der Waals surface area contributed by atoms with Gasteiger partial charge in [-0.15, -0.1) is 0 Å². The molecular weight excluding hydrogens is 272 g/mol. The summed E-state index contributed by atoms with van der Waals surface area (Å²) in [5.41, 5.74) is 0. The summed E-state index contributed by atoms with van der Waals surface area (Å²) in [5.74, 6) is -0.750. The van der Waals surface area contributed by atoms with E-state index in [4.69, 9.17) is 9.47 Å². The minimum Gasteiger partial charge on any atom is -0.726 e. The molecule has 0 aromatic heterocycles. The number of methoxy groups -OCH3 is 2. The number of aliphatic hydroxyl groups is 1. The molecule has 1 saturated heterocycles. The van der Waals surface area contributed by atoms with E-state index >= 15 is 0 Å². The summed E-state index contributed by atoms with van der Waals surface area (Å²) in [6.07, 6.45) is -5.71. The van der Waals surface area contributed by atoms with Gasteiger partial charge in [0.05, 0.1) is 13.2 Å². The molecule has 1 rings (SSSR count). The van der Waals surface area contributed by atoms with Crippen LogP contribution in [0.2, 0.25) is 0 Å². The number of esters is 1. The van der Waals surface area contributed by atoms with Crippen LogP contribution in [0.15, 0.2) is 0 Å². The molecule has 1 fully saturated rings. The summed E-state index contributed by atoms with van der Waals surface area (Å²) >= 11 is 0. The molecule has 0 spiro atoms. The van der Waals surface area contributed by atoms with E-state index in [0.717, 1.165) is 14.2 Å². The minimum atomic E-state index is -5.03. The summed E-state index contributed by atoms with van der Waals surface area (Å²) in [6, 6.07) is 0. The first-order valence-corrected chi connectivity index (χ1v) is 6.20. The van der Waals surface area contributed by atoms with Gasteiger partial charge in [0.1, 0.15) is 0 Å². The molecule has 4 atom stereocenters. The number of carbonyl (C=O) groups excluding carboxylic acids is 1. The summed E-state index contributed by atoms with van der Waals surface area (Å²) in [7, 11) is -2.76. The highest BCUT2D eigenvalue weighted by molar-refractivity contribution is 7.80. The van der Waals surface area contributed by atoms with Gasteiger partial charge in [0.2, 0.25) is 10.4 Å². The zero-order chi connectivity index (χ0) is 13.9. The van der Waals surface area contributed by atoms with E-state index in [2.05, 4.69) is 8.92 Å². The molecule has 0 aromatic carbocycles. The van der Waals surface area contributed by atoms with Gasteiger partial charge in [-0.05, 0) is 0 Å². The van der Waals surface area contributed by atoms with Crippen molar-refractivity contribution >= 4 is 16.4 Å². The van der Waals surface area contributed by atoms with E-state index in [0.29, 0.717) is 0 Å². The molecule has 18 heavy (non-hydrogen) atoms. The maximum absolute atomic E-state index is 11.2. The second-order valence-corrected chi connectivity index (χ2v) is 4.53. The van der Waals surface area contributed by atoms with E-state index in [-0.39, 0.29) is 6.42 Å². The van der Waals surface area contributed by atoms with Crippen molar-refractivity contribution in [2.24, 2.45) is 0 Å². The lowest BCUT2D eigenvalue weighted by atomic mass is 10.0. The van der Waals surface area contributed by atoms with Crippen molar-refractivity contribution in [2.45, 2.75) is 31.0 Å². The quantitative estimate of drug-likeness (QED) is 0.358. The van der Waals surface area contributed by atoms with Crippen LogP contribution in [0.5, 0.6) is 0 Å². The maximum atomic E-state index is 11.2. The fourth-order valence-corrected chi connectivity index (χ4v) is 2.04. The van der Waals surface area contributed by atoms with E-state index in [1.54, 1.807) is 0 Å². The van der Waals surface area contributed by atoms with Gasteiger partial charge in [-0.2, -0.15) is 0 Å².